The lowest BCUT2D eigenvalue weighted by molar-refractivity contribution is -0.173. The topological polar surface area (TPSA) is 106 Å². The van der Waals surface area contributed by atoms with E-state index in [1.807, 2.05) is 24.3 Å². The Balaban J connectivity index is 1.83. The SMILES string of the molecule is COC(=O)C[C@H]1C[C@H]2c3[nH]c4ccccc4c3C[C@H](C(=O)OC(C)(C)C)N2C(=O)[C@@H]1C(C)=O. The second-order valence-electron chi connectivity index (χ2n) is 9.94. The number of carbonyl (C=O) groups excluding carboxylic acids is 4. The van der Waals surface area contributed by atoms with E-state index < -0.39 is 47.4 Å². The lowest BCUT2D eigenvalue weighted by Gasteiger charge is -2.48. The van der Waals surface area contributed by atoms with Crippen molar-refractivity contribution in [2.45, 2.75) is 64.6 Å². The highest BCUT2D eigenvalue weighted by molar-refractivity contribution is 6.03. The summed E-state index contributed by atoms with van der Waals surface area (Å²) in [5, 5.41) is 0.992. The Hall–Kier alpha value is -3.16. The van der Waals surface area contributed by atoms with Crippen molar-refractivity contribution in [3.63, 3.8) is 0 Å². The van der Waals surface area contributed by atoms with Gasteiger partial charge < -0.3 is 19.4 Å². The molecule has 0 spiro atoms. The van der Waals surface area contributed by atoms with E-state index in [1.54, 1.807) is 20.8 Å². The number of fused-ring (bicyclic) bond motifs is 5. The van der Waals surface area contributed by atoms with E-state index in [-0.39, 0.29) is 12.2 Å². The quantitative estimate of drug-likeness (QED) is 0.562. The number of piperidine rings is 1. The summed E-state index contributed by atoms with van der Waals surface area (Å²) in [6.45, 7) is 6.70. The number of hydrogen-bond donors (Lipinski definition) is 1. The predicted octanol–water partition coefficient (Wildman–Crippen LogP) is 3.09. The van der Waals surface area contributed by atoms with E-state index in [0.717, 1.165) is 22.2 Å². The highest BCUT2D eigenvalue weighted by Crippen LogP contribution is 2.47. The maximum atomic E-state index is 13.7. The standard InChI is InChI=1S/C25H30N2O6/c1-13(28)21-14(11-20(29)32-5)10-18-22-16(15-8-6-7-9-17(15)26-22)12-19(27(18)23(21)30)24(31)33-25(2,3)4/h6-9,14,18-19,21,26H,10-12H2,1-5H3/t14-,18+,19-,21-/m1/s1. The number of ether oxygens (including phenoxy) is 2. The van der Waals surface area contributed by atoms with Gasteiger partial charge in [-0.05, 0) is 51.7 Å². The smallest absolute Gasteiger partial charge is 0.329 e. The molecule has 1 fully saturated rings. The van der Waals surface area contributed by atoms with Gasteiger partial charge in [0.25, 0.3) is 0 Å². The zero-order valence-electron chi connectivity index (χ0n) is 19.6. The van der Waals surface area contributed by atoms with Crippen LogP contribution in [0.15, 0.2) is 24.3 Å². The van der Waals surface area contributed by atoms with Crippen molar-refractivity contribution >= 4 is 34.5 Å². The van der Waals surface area contributed by atoms with Crippen molar-refractivity contribution in [1.29, 1.82) is 0 Å². The maximum absolute atomic E-state index is 13.7. The van der Waals surface area contributed by atoms with E-state index in [4.69, 9.17) is 9.47 Å². The van der Waals surface area contributed by atoms with Gasteiger partial charge in [0, 0.05) is 29.4 Å². The van der Waals surface area contributed by atoms with Crippen molar-refractivity contribution in [1.82, 2.24) is 9.88 Å². The van der Waals surface area contributed by atoms with Gasteiger partial charge in [0.05, 0.1) is 19.1 Å². The molecule has 176 valence electrons. The van der Waals surface area contributed by atoms with Gasteiger partial charge in [-0.2, -0.15) is 0 Å². The van der Waals surface area contributed by atoms with Crippen molar-refractivity contribution in [3.8, 4) is 0 Å². The molecule has 1 aromatic heterocycles. The number of aromatic nitrogens is 1. The minimum absolute atomic E-state index is 0.0382. The number of Topliss-reactive ketones (excluding diaryl/α,β-unsaturated/α-hetero) is 1. The van der Waals surface area contributed by atoms with Crippen molar-refractivity contribution in [2.75, 3.05) is 7.11 Å². The summed E-state index contributed by atoms with van der Waals surface area (Å²) in [5.41, 5.74) is 2.01. The number of benzene rings is 1. The molecule has 4 atom stereocenters. The fourth-order valence-electron chi connectivity index (χ4n) is 5.27. The van der Waals surface area contributed by atoms with E-state index >= 15 is 0 Å². The van der Waals surface area contributed by atoms with Gasteiger partial charge in [-0.3, -0.25) is 14.4 Å². The Bertz CT molecular complexity index is 1130. The lowest BCUT2D eigenvalue weighted by Crippen LogP contribution is -2.59. The summed E-state index contributed by atoms with van der Waals surface area (Å²) >= 11 is 0. The Morgan fingerprint density at radius 2 is 1.88 bits per heavy atom. The normalized spacial score (nSPS) is 24.8. The molecule has 1 amide bonds. The van der Waals surface area contributed by atoms with Crippen LogP contribution in [0.1, 0.15) is 57.8 Å². The van der Waals surface area contributed by atoms with Crippen LogP contribution in [0.25, 0.3) is 10.9 Å². The van der Waals surface area contributed by atoms with E-state index in [9.17, 15) is 19.2 Å². The summed E-state index contributed by atoms with van der Waals surface area (Å²) in [5.74, 6) is -3.24. The molecule has 4 rings (SSSR count). The monoisotopic (exact) mass is 454 g/mol. The number of methoxy groups -OCH3 is 1. The number of para-hydroxylation sites is 1. The van der Waals surface area contributed by atoms with Gasteiger partial charge in [-0.25, -0.2) is 4.79 Å². The summed E-state index contributed by atoms with van der Waals surface area (Å²) in [7, 11) is 1.29. The second-order valence-corrected chi connectivity index (χ2v) is 9.94. The van der Waals surface area contributed by atoms with Crippen LogP contribution >= 0.6 is 0 Å². The van der Waals surface area contributed by atoms with E-state index in [2.05, 4.69) is 4.98 Å². The van der Waals surface area contributed by atoms with Gasteiger partial charge >= 0.3 is 11.9 Å². The molecular weight excluding hydrogens is 424 g/mol. The van der Waals surface area contributed by atoms with Crippen molar-refractivity contribution in [3.05, 3.63) is 35.5 Å². The molecule has 0 saturated carbocycles. The van der Waals surface area contributed by atoms with Crippen LogP contribution in [0.5, 0.6) is 0 Å². The molecule has 1 aromatic carbocycles. The van der Waals surface area contributed by atoms with E-state index in [1.165, 1.54) is 18.9 Å². The number of H-pyrrole nitrogens is 1. The van der Waals surface area contributed by atoms with Gasteiger partial charge in [0.15, 0.2) is 0 Å². The average Bonchev–Trinajstić information content (AvgIpc) is 3.10. The molecule has 1 saturated heterocycles. The van der Waals surface area contributed by atoms with Crippen LogP contribution in [0.3, 0.4) is 0 Å². The molecule has 3 heterocycles. The number of amides is 1. The lowest BCUT2D eigenvalue weighted by atomic mass is 9.73. The van der Waals surface area contributed by atoms with Crippen LogP contribution in [0.2, 0.25) is 0 Å². The first-order valence-electron chi connectivity index (χ1n) is 11.2. The number of rotatable bonds is 4. The molecule has 0 unspecified atom stereocenters. The molecule has 2 aliphatic rings. The predicted molar refractivity (Wildman–Crippen MR) is 120 cm³/mol. The van der Waals surface area contributed by atoms with Crippen LogP contribution in [-0.4, -0.2) is 52.3 Å². The van der Waals surface area contributed by atoms with Crippen LogP contribution in [0, 0.1) is 11.8 Å². The van der Waals surface area contributed by atoms with Gasteiger partial charge in [0.1, 0.15) is 17.4 Å². The number of nitrogens with zero attached hydrogens (tertiary/aromatic N) is 1. The number of carbonyl (C=O) groups is 4. The van der Waals surface area contributed by atoms with Gasteiger partial charge in [0.2, 0.25) is 5.91 Å². The summed E-state index contributed by atoms with van der Waals surface area (Å²) in [4.78, 5) is 56.6. The third kappa shape index (κ3) is 4.14. The Morgan fingerprint density at radius 1 is 1.18 bits per heavy atom. The fourth-order valence-corrected chi connectivity index (χ4v) is 5.27. The molecule has 1 N–H and O–H groups in total. The maximum Gasteiger partial charge on any atom is 0.329 e. The third-order valence-electron chi connectivity index (χ3n) is 6.54. The summed E-state index contributed by atoms with van der Waals surface area (Å²) in [6.07, 6.45) is 0.622. The summed E-state index contributed by atoms with van der Waals surface area (Å²) in [6, 6.07) is 6.47. The Kier molecular flexibility index (Phi) is 5.80. The number of ketones is 1. The molecule has 2 aliphatic heterocycles. The molecule has 33 heavy (non-hydrogen) atoms. The van der Waals surface area contributed by atoms with Crippen LogP contribution in [0.4, 0.5) is 0 Å². The number of esters is 2. The molecule has 8 nitrogen and oxygen atoms in total. The molecule has 0 bridgehead atoms. The van der Waals surface area contributed by atoms with Gasteiger partial charge in [-0.15, -0.1) is 0 Å². The molecule has 0 aliphatic carbocycles. The first-order chi connectivity index (χ1) is 15.5. The highest BCUT2D eigenvalue weighted by Gasteiger charge is 2.52. The van der Waals surface area contributed by atoms with Gasteiger partial charge in [-0.1, -0.05) is 18.2 Å². The highest BCUT2D eigenvalue weighted by atomic mass is 16.6. The number of hydrogen-bond acceptors (Lipinski definition) is 6. The minimum atomic E-state index is -1.00. The molecular formula is C25H30N2O6. The zero-order chi connectivity index (χ0) is 24.1. The summed E-state index contributed by atoms with van der Waals surface area (Å²) < 4.78 is 10.5. The number of nitrogens with one attached hydrogen (secondary N) is 1. The fraction of sp³-hybridized carbons (Fsp3) is 0.520. The van der Waals surface area contributed by atoms with Crippen molar-refractivity contribution in [2.24, 2.45) is 11.8 Å². The Morgan fingerprint density at radius 3 is 2.52 bits per heavy atom. The second kappa shape index (κ2) is 8.32. The van der Waals surface area contributed by atoms with E-state index in [0.29, 0.717) is 12.8 Å². The average molecular weight is 455 g/mol. The zero-order valence-corrected chi connectivity index (χ0v) is 19.6. The van der Waals surface area contributed by atoms with Crippen LogP contribution < -0.4 is 0 Å². The minimum Gasteiger partial charge on any atom is -0.469 e. The Labute approximate surface area is 192 Å². The third-order valence-corrected chi connectivity index (χ3v) is 6.54. The van der Waals surface area contributed by atoms with Crippen molar-refractivity contribution < 1.29 is 28.7 Å². The molecule has 8 heteroatoms. The molecule has 0 radical (unpaired) electrons. The molecule has 2 aromatic rings. The number of aromatic amines is 1. The first kappa shape index (κ1) is 23.0. The van der Waals surface area contributed by atoms with Crippen LogP contribution in [-0.2, 0) is 35.1 Å². The largest absolute Gasteiger partial charge is 0.469 e. The first-order valence-corrected chi connectivity index (χ1v) is 11.2.